The molecule has 1 aromatic heterocycles. The van der Waals surface area contributed by atoms with Crippen molar-refractivity contribution in [3.05, 3.63) is 104 Å². The molecular weight excluding hydrogens is 500 g/mol. The summed E-state index contributed by atoms with van der Waals surface area (Å²) < 4.78 is 6.10. The van der Waals surface area contributed by atoms with E-state index in [0.29, 0.717) is 22.2 Å². The second-order valence-electron chi connectivity index (χ2n) is 7.84. The third-order valence-electron chi connectivity index (χ3n) is 5.40. The van der Waals surface area contributed by atoms with E-state index in [2.05, 4.69) is 20.9 Å². The summed E-state index contributed by atoms with van der Waals surface area (Å²) in [5.41, 5.74) is 3.80. The molecule has 0 radical (unpaired) electrons. The number of ether oxygens (including phenoxy) is 1. The number of fused-ring (bicyclic) bond motifs is 1. The number of halogens is 1. The average Bonchev–Trinajstić information content (AvgIpc) is 2.82. The molecule has 8 heteroatoms. The lowest BCUT2D eigenvalue weighted by atomic mass is 10.0. The molecule has 3 aromatic carbocycles. The highest BCUT2D eigenvalue weighted by atomic mass is 79.9. The summed E-state index contributed by atoms with van der Waals surface area (Å²) >= 11 is 3.42. The monoisotopic (exact) mass is 518 g/mol. The Morgan fingerprint density at radius 1 is 1.00 bits per heavy atom. The molecule has 0 amide bonds. The molecule has 0 aliphatic rings. The number of aryl methyl sites for hydroxylation is 2. The first-order valence-corrected chi connectivity index (χ1v) is 11.1. The molecule has 34 heavy (non-hydrogen) atoms. The number of ketones is 1. The van der Waals surface area contributed by atoms with E-state index in [4.69, 9.17) is 4.74 Å². The molecule has 0 saturated heterocycles. The summed E-state index contributed by atoms with van der Waals surface area (Å²) in [6, 6.07) is 19.0. The number of nitrogens with zero attached hydrogens (tertiary/aromatic N) is 2. The van der Waals surface area contributed by atoms with Gasteiger partial charge < -0.3 is 4.74 Å². The molecule has 0 N–H and O–H groups in total. The number of Topliss-reactive ketones (excluding diaryl/α,β-unsaturated/α-hetero) is 1. The quantitative estimate of drug-likeness (QED) is 0.130. The van der Waals surface area contributed by atoms with Crippen molar-refractivity contribution in [2.75, 3.05) is 6.61 Å². The Morgan fingerprint density at radius 2 is 1.74 bits per heavy atom. The smallest absolute Gasteiger partial charge is 0.339 e. The topological polar surface area (TPSA) is 99.4 Å². The minimum absolute atomic E-state index is 0.104. The van der Waals surface area contributed by atoms with Crippen LogP contribution in [0.4, 0.5) is 5.69 Å². The lowest BCUT2D eigenvalue weighted by molar-refractivity contribution is -0.385. The van der Waals surface area contributed by atoms with Gasteiger partial charge in [-0.25, -0.2) is 9.78 Å². The molecule has 0 atom stereocenters. The molecule has 4 rings (SSSR count). The van der Waals surface area contributed by atoms with Gasteiger partial charge in [0.1, 0.15) is 0 Å². The summed E-state index contributed by atoms with van der Waals surface area (Å²) in [4.78, 5) is 40.9. The molecule has 170 valence electrons. The molecule has 0 bridgehead atoms. The van der Waals surface area contributed by atoms with Crippen molar-refractivity contribution in [3.63, 3.8) is 0 Å². The maximum atomic E-state index is 13.0. The fraction of sp³-hybridized carbons (Fsp3) is 0.115. The Balaban J connectivity index is 1.64. The molecule has 0 spiro atoms. The zero-order valence-electron chi connectivity index (χ0n) is 18.4. The Morgan fingerprint density at radius 3 is 2.44 bits per heavy atom. The highest BCUT2D eigenvalue weighted by molar-refractivity contribution is 9.10. The number of rotatable bonds is 6. The third-order valence-corrected chi connectivity index (χ3v) is 5.89. The summed E-state index contributed by atoms with van der Waals surface area (Å²) in [6.45, 7) is 3.03. The van der Waals surface area contributed by atoms with Crippen LogP contribution in [0.1, 0.15) is 31.8 Å². The summed E-state index contributed by atoms with van der Waals surface area (Å²) in [5.74, 6) is -1.22. The molecule has 0 unspecified atom stereocenters. The van der Waals surface area contributed by atoms with Crippen LogP contribution < -0.4 is 0 Å². The highest BCUT2D eigenvalue weighted by Gasteiger charge is 2.19. The fourth-order valence-corrected chi connectivity index (χ4v) is 3.87. The molecule has 0 fully saturated rings. The van der Waals surface area contributed by atoms with Crippen molar-refractivity contribution in [1.29, 1.82) is 0 Å². The van der Waals surface area contributed by atoms with Gasteiger partial charge >= 0.3 is 5.97 Å². The highest BCUT2D eigenvalue weighted by Crippen LogP contribution is 2.28. The van der Waals surface area contributed by atoms with E-state index >= 15 is 0 Å². The zero-order valence-corrected chi connectivity index (χ0v) is 20.0. The predicted molar refractivity (Wildman–Crippen MR) is 132 cm³/mol. The molecule has 4 aromatic rings. The molecule has 7 nitrogen and oxygen atoms in total. The second-order valence-corrected chi connectivity index (χ2v) is 8.76. The van der Waals surface area contributed by atoms with Gasteiger partial charge in [0.2, 0.25) is 5.78 Å². The van der Waals surface area contributed by atoms with E-state index < -0.39 is 23.3 Å². The first-order valence-electron chi connectivity index (χ1n) is 10.4. The average molecular weight is 519 g/mol. The van der Waals surface area contributed by atoms with Gasteiger partial charge in [-0.1, -0.05) is 57.9 Å². The van der Waals surface area contributed by atoms with Gasteiger partial charge in [-0.3, -0.25) is 14.9 Å². The van der Waals surface area contributed by atoms with Crippen molar-refractivity contribution in [2.24, 2.45) is 0 Å². The third kappa shape index (κ3) is 4.87. The van der Waals surface area contributed by atoms with E-state index in [1.165, 1.54) is 18.2 Å². The van der Waals surface area contributed by atoms with E-state index in [0.717, 1.165) is 15.6 Å². The van der Waals surface area contributed by atoms with Crippen molar-refractivity contribution in [1.82, 2.24) is 4.98 Å². The van der Waals surface area contributed by atoms with Crippen LogP contribution in [0, 0.1) is 24.0 Å². The van der Waals surface area contributed by atoms with Gasteiger partial charge in [0, 0.05) is 32.6 Å². The molecule has 0 aliphatic carbocycles. The first kappa shape index (κ1) is 23.3. The van der Waals surface area contributed by atoms with E-state index in [9.17, 15) is 19.7 Å². The Kier molecular flexibility index (Phi) is 6.51. The number of hydrogen-bond donors (Lipinski definition) is 0. The van der Waals surface area contributed by atoms with E-state index in [1.807, 2.05) is 37.3 Å². The number of hydrogen-bond acceptors (Lipinski definition) is 6. The maximum Gasteiger partial charge on any atom is 0.339 e. The first-order chi connectivity index (χ1) is 16.2. The summed E-state index contributed by atoms with van der Waals surface area (Å²) in [7, 11) is 0. The largest absolute Gasteiger partial charge is 0.454 e. The molecule has 0 aliphatic heterocycles. The standard InChI is InChI=1S/C26H19BrN2O5/c1-15-3-6-17(7-4-15)23-13-21(20-12-19(27)9-10-22(20)28-23)26(31)34-14-25(30)18-8-5-16(2)24(11-18)29(32)33/h3-13H,14H2,1-2H3. The van der Waals surface area contributed by atoms with Crippen LogP contribution in [-0.4, -0.2) is 28.3 Å². The zero-order chi connectivity index (χ0) is 24.4. The second kappa shape index (κ2) is 9.52. The lowest BCUT2D eigenvalue weighted by Gasteiger charge is -2.11. The number of benzene rings is 3. The fourth-order valence-electron chi connectivity index (χ4n) is 3.51. The van der Waals surface area contributed by atoms with Gasteiger partial charge in [-0.05, 0) is 38.1 Å². The van der Waals surface area contributed by atoms with Crippen LogP contribution in [0.25, 0.3) is 22.2 Å². The van der Waals surface area contributed by atoms with Crippen molar-refractivity contribution in [3.8, 4) is 11.3 Å². The van der Waals surface area contributed by atoms with Crippen molar-refractivity contribution < 1.29 is 19.2 Å². The van der Waals surface area contributed by atoms with Crippen molar-refractivity contribution in [2.45, 2.75) is 13.8 Å². The number of carbonyl (C=O) groups is 2. The van der Waals surface area contributed by atoms with Crippen LogP contribution in [-0.2, 0) is 4.74 Å². The van der Waals surface area contributed by atoms with Gasteiger partial charge in [0.25, 0.3) is 5.69 Å². The number of nitro benzene ring substituents is 1. The van der Waals surface area contributed by atoms with Gasteiger partial charge in [0.15, 0.2) is 6.61 Å². The van der Waals surface area contributed by atoms with E-state index in [1.54, 1.807) is 25.1 Å². The molecule has 1 heterocycles. The normalized spacial score (nSPS) is 10.8. The number of carbonyl (C=O) groups excluding carboxylic acids is 2. The Labute approximate surface area is 203 Å². The van der Waals surface area contributed by atoms with Crippen LogP contribution in [0.3, 0.4) is 0 Å². The molecular formula is C26H19BrN2O5. The number of aromatic nitrogens is 1. The van der Waals surface area contributed by atoms with Crippen LogP contribution in [0.15, 0.2) is 71.2 Å². The maximum absolute atomic E-state index is 13.0. The van der Waals surface area contributed by atoms with E-state index in [-0.39, 0.29) is 16.8 Å². The summed E-state index contributed by atoms with van der Waals surface area (Å²) in [6.07, 6.45) is 0. The van der Waals surface area contributed by atoms with Gasteiger partial charge in [-0.15, -0.1) is 0 Å². The number of pyridine rings is 1. The summed E-state index contributed by atoms with van der Waals surface area (Å²) in [5, 5.41) is 11.7. The van der Waals surface area contributed by atoms with Crippen LogP contribution >= 0.6 is 15.9 Å². The SMILES string of the molecule is Cc1ccc(-c2cc(C(=O)OCC(=O)c3ccc(C)c([N+](=O)[O-])c3)c3cc(Br)ccc3n2)cc1. The van der Waals surface area contributed by atoms with Crippen LogP contribution in [0.5, 0.6) is 0 Å². The van der Waals surface area contributed by atoms with Gasteiger partial charge in [0.05, 0.1) is 21.7 Å². The van der Waals surface area contributed by atoms with Gasteiger partial charge in [-0.2, -0.15) is 0 Å². The Bertz CT molecular complexity index is 1450. The number of esters is 1. The molecule has 0 saturated carbocycles. The Hall–Kier alpha value is -3.91. The lowest BCUT2D eigenvalue weighted by Crippen LogP contribution is -2.15. The number of nitro groups is 1. The minimum Gasteiger partial charge on any atom is -0.454 e. The van der Waals surface area contributed by atoms with Crippen LogP contribution in [0.2, 0.25) is 0 Å². The minimum atomic E-state index is -0.686. The van der Waals surface area contributed by atoms with Crippen molar-refractivity contribution >= 4 is 44.3 Å². The predicted octanol–water partition coefficient (Wildman–Crippen LogP) is 6.23.